The molecule has 2 aromatic carbocycles. The third-order valence-corrected chi connectivity index (χ3v) is 8.92. The molecule has 4 aliphatic heterocycles. The SMILES string of the molecule is COc1cc([C@@H]2c3cc4c(cc3C(O[C@@H]3O[C@@H]5CO[C@@H](C)O[C@H]5[C@H](O)[C@H]3O)C3COC(=O)[C@@H]32)OCO4)cc(OC)c1OC(=O)O. The number of ether oxygens (including phenoxy) is 10. The van der Waals surface area contributed by atoms with Crippen molar-refractivity contribution in [2.24, 2.45) is 11.8 Å². The van der Waals surface area contributed by atoms with Gasteiger partial charge in [0.25, 0.3) is 0 Å². The smallest absolute Gasteiger partial charge is 0.493 e. The lowest BCUT2D eigenvalue weighted by molar-refractivity contribution is -0.364. The minimum absolute atomic E-state index is 0.00577. The van der Waals surface area contributed by atoms with Crippen LogP contribution >= 0.6 is 0 Å². The van der Waals surface area contributed by atoms with Crippen LogP contribution in [0, 0.1) is 11.8 Å². The largest absolute Gasteiger partial charge is 0.511 e. The van der Waals surface area contributed by atoms with Crippen molar-refractivity contribution in [2.75, 3.05) is 34.2 Å². The monoisotopic (exact) mass is 632 g/mol. The van der Waals surface area contributed by atoms with Crippen molar-refractivity contribution in [3.8, 4) is 28.7 Å². The number of fused-ring (bicyclic) bond motifs is 4. The predicted octanol–water partition coefficient (Wildman–Crippen LogP) is 1.69. The molecule has 1 aliphatic carbocycles. The molecule has 15 nitrogen and oxygen atoms in total. The van der Waals surface area contributed by atoms with Gasteiger partial charge in [-0.25, -0.2) is 4.79 Å². The summed E-state index contributed by atoms with van der Waals surface area (Å²) in [7, 11) is 2.71. The molecular weight excluding hydrogens is 600 g/mol. The molecule has 15 heteroatoms. The molecule has 3 N–H and O–H groups in total. The molecule has 0 bridgehead atoms. The van der Waals surface area contributed by atoms with Gasteiger partial charge in [0.15, 0.2) is 35.6 Å². The summed E-state index contributed by atoms with van der Waals surface area (Å²) in [6.45, 7) is 1.79. The fraction of sp³-hybridized carbons (Fsp3) is 0.533. The number of hydrogen-bond donors (Lipinski definition) is 3. The molecule has 0 aromatic heterocycles. The Morgan fingerprint density at radius 2 is 1.60 bits per heavy atom. The number of esters is 1. The lowest BCUT2D eigenvalue weighted by Gasteiger charge is -2.47. The highest BCUT2D eigenvalue weighted by molar-refractivity contribution is 5.79. The number of aliphatic hydroxyl groups is 2. The van der Waals surface area contributed by atoms with Crippen LogP contribution in [0.2, 0.25) is 0 Å². The van der Waals surface area contributed by atoms with E-state index in [0.29, 0.717) is 28.2 Å². The van der Waals surface area contributed by atoms with E-state index in [2.05, 4.69) is 0 Å². The number of rotatable bonds is 6. The second kappa shape index (κ2) is 11.5. The van der Waals surface area contributed by atoms with E-state index in [0.717, 1.165) is 0 Å². The molecule has 0 radical (unpaired) electrons. The number of carbonyl (C=O) groups excluding carboxylic acids is 1. The molecule has 45 heavy (non-hydrogen) atoms. The molecule has 10 atom stereocenters. The summed E-state index contributed by atoms with van der Waals surface area (Å²) in [5.74, 6) is -1.62. The molecule has 4 heterocycles. The lowest BCUT2D eigenvalue weighted by atomic mass is 9.66. The summed E-state index contributed by atoms with van der Waals surface area (Å²) in [5.41, 5.74) is 1.79. The van der Waals surface area contributed by atoms with Crippen LogP contribution in [-0.2, 0) is 28.5 Å². The number of benzene rings is 2. The van der Waals surface area contributed by atoms with Crippen molar-refractivity contribution in [3.63, 3.8) is 0 Å². The molecule has 5 aliphatic rings. The highest BCUT2D eigenvalue weighted by atomic mass is 16.8. The van der Waals surface area contributed by atoms with Crippen molar-refractivity contribution in [1.29, 1.82) is 0 Å². The third kappa shape index (κ3) is 4.99. The van der Waals surface area contributed by atoms with Gasteiger partial charge in [0.1, 0.15) is 24.4 Å². The molecule has 2 aromatic rings. The second-order valence-electron chi connectivity index (χ2n) is 11.3. The Hall–Kier alpha value is -3.86. The number of carboxylic acid groups (broad SMARTS) is 1. The minimum atomic E-state index is -1.56. The van der Waals surface area contributed by atoms with Gasteiger partial charge in [0, 0.05) is 11.8 Å². The fourth-order valence-electron chi connectivity index (χ4n) is 6.91. The van der Waals surface area contributed by atoms with Crippen molar-refractivity contribution >= 4 is 12.1 Å². The summed E-state index contributed by atoms with van der Waals surface area (Å²) in [6, 6.07) is 6.68. The van der Waals surface area contributed by atoms with Crippen LogP contribution in [0.4, 0.5) is 4.79 Å². The van der Waals surface area contributed by atoms with Gasteiger partial charge in [-0.2, -0.15) is 0 Å². The molecule has 0 spiro atoms. The first-order chi connectivity index (χ1) is 21.7. The summed E-state index contributed by atoms with van der Waals surface area (Å²) >= 11 is 0. The van der Waals surface area contributed by atoms with Gasteiger partial charge < -0.3 is 62.7 Å². The topological polar surface area (TPSA) is 187 Å². The van der Waals surface area contributed by atoms with Crippen LogP contribution in [0.5, 0.6) is 28.7 Å². The van der Waals surface area contributed by atoms with Crippen molar-refractivity contribution in [3.05, 3.63) is 41.0 Å². The van der Waals surface area contributed by atoms with E-state index in [-0.39, 0.29) is 37.3 Å². The quantitative estimate of drug-likeness (QED) is 0.308. The Balaban J connectivity index is 1.32. The van der Waals surface area contributed by atoms with Crippen LogP contribution in [-0.4, -0.2) is 98.7 Å². The Morgan fingerprint density at radius 3 is 2.27 bits per heavy atom. The van der Waals surface area contributed by atoms with Crippen LogP contribution in [0.15, 0.2) is 24.3 Å². The van der Waals surface area contributed by atoms with E-state index in [9.17, 15) is 24.9 Å². The van der Waals surface area contributed by atoms with E-state index in [1.807, 2.05) is 0 Å². The van der Waals surface area contributed by atoms with Gasteiger partial charge in [-0.3, -0.25) is 4.79 Å². The zero-order valence-electron chi connectivity index (χ0n) is 24.4. The van der Waals surface area contributed by atoms with Crippen molar-refractivity contribution in [2.45, 2.75) is 55.9 Å². The Kier molecular flexibility index (Phi) is 7.62. The van der Waals surface area contributed by atoms with Gasteiger partial charge >= 0.3 is 12.1 Å². The molecule has 242 valence electrons. The first-order valence-corrected chi connectivity index (χ1v) is 14.4. The second-order valence-corrected chi connectivity index (χ2v) is 11.3. The van der Waals surface area contributed by atoms with Crippen LogP contribution < -0.4 is 23.7 Å². The van der Waals surface area contributed by atoms with Crippen molar-refractivity contribution < 1.29 is 72.3 Å². The van der Waals surface area contributed by atoms with Crippen LogP contribution in [0.1, 0.15) is 35.6 Å². The molecule has 3 saturated heterocycles. The first-order valence-electron chi connectivity index (χ1n) is 14.4. The number of carbonyl (C=O) groups is 2. The summed E-state index contributed by atoms with van der Waals surface area (Å²) in [4.78, 5) is 24.9. The minimum Gasteiger partial charge on any atom is -0.493 e. The molecular formula is C30H32O15. The van der Waals surface area contributed by atoms with E-state index in [1.54, 1.807) is 31.2 Å². The van der Waals surface area contributed by atoms with Crippen LogP contribution in [0.25, 0.3) is 0 Å². The molecule has 3 fully saturated rings. The zero-order chi connectivity index (χ0) is 31.6. The van der Waals surface area contributed by atoms with Gasteiger partial charge in [-0.1, -0.05) is 0 Å². The molecule has 0 amide bonds. The Morgan fingerprint density at radius 1 is 0.911 bits per heavy atom. The summed E-state index contributed by atoms with van der Waals surface area (Å²) in [5, 5.41) is 31.3. The van der Waals surface area contributed by atoms with Crippen molar-refractivity contribution in [1.82, 2.24) is 0 Å². The number of methoxy groups -OCH3 is 2. The average molecular weight is 633 g/mol. The van der Waals surface area contributed by atoms with E-state index in [4.69, 9.17) is 47.4 Å². The van der Waals surface area contributed by atoms with Gasteiger partial charge in [0.2, 0.25) is 12.5 Å². The van der Waals surface area contributed by atoms with E-state index < -0.39 is 73.0 Å². The molecule has 7 rings (SSSR count). The highest BCUT2D eigenvalue weighted by Crippen LogP contribution is 2.57. The Labute approximate surface area is 256 Å². The number of aliphatic hydroxyl groups excluding tert-OH is 2. The van der Waals surface area contributed by atoms with Crippen LogP contribution in [0.3, 0.4) is 0 Å². The Bertz CT molecular complexity index is 1470. The zero-order valence-corrected chi connectivity index (χ0v) is 24.4. The average Bonchev–Trinajstić information content (AvgIpc) is 3.65. The maximum atomic E-state index is 13.5. The third-order valence-electron chi connectivity index (χ3n) is 8.92. The van der Waals surface area contributed by atoms with Gasteiger partial charge in [0.05, 0.1) is 39.5 Å². The molecule has 2 unspecified atom stereocenters. The van der Waals surface area contributed by atoms with Gasteiger partial charge in [-0.05, 0) is 47.9 Å². The number of hydrogen-bond acceptors (Lipinski definition) is 14. The van der Waals surface area contributed by atoms with E-state index >= 15 is 0 Å². The lowest BCUT2D eigenvalue weighted by Crippen LogP contribution is -2.63. The summed E-state index contributed by atoms with van der Waals surface area (Å²) in [6.07, 6.45) is -8.61. The highest BCUT2D eigenvalue weighted by Gasteiger charge is 2.56. The molecule has 0 saturated carbocycles. The standard InChI is InChI=1S/C30H32O15/c1-11-38-9-20-27(42-11)23(31)24(32)29(43-20)44-25-14-7-17-16(40-10-41-17)6-13(14)21(22-15(25)8-39-28(22)33)12-4-18(36-2)26(45-30(34)35)19(5-12)37-3/h4-7,11,15,20-25,27,29,31-32H,8-10H2,1-3H3,(H,34,35)/t11-,15?,20-,21-,22+,23-,24-,25?,27-,29+/m1/s1. The maximum Gasteiger partial charge on any atom is 0.511 e. The normalized spacial score (nSPS) is 34.6. The first kappa shape index (κ1) is 29.8. The van der Waals surface area contributed by atoms with E-state index in [1.165, 1.54) is 14.2 Å². The predicted molar refractivity (Wildman–Crippen MR) is 145 cm³/mol. The maximum absolute atomic E-state index is 13.5. The van der Waals surface area contributed by atoms with Gasteiger partial charge in [-0.15, -0.1) is 0 Å². The summed E-state index contributed by atoms with van der Waals surface area (Å²) < 4.78 is 56.6. The number of cyclic esters (lactones) is 1. The fourth-order valence-corrected chi connectivity index (χ4v) is 6.91.